The molecule has 2 atom stereocenters. The lowest BCUT2D eigenvalue weighted by molar-refractivity contribution is -0.122. The van der Waals surface area contributed by atoms with Gasteiger partial charge in [-0.2, -0.15) is 0 Å². The number of carbonyl (C=O) groups is 1. The molecule has 0 aromatic heterocycles. The van der Waals surface area contributed by atoms with Crippen molar-refractivity contribution in [2.45, 2.75) is 25.9 Å². The van der Waals surface area contributed by atoms with Gasteiger partial charge in [0.05, 0.1) is 12.1 Å². The Bertz CT molecular complexity index is 335. The quantitative estimate of drug-likeness (QED) is 0.791. The lowest BCUT2D eigenvalue weighted by Crippen LogP contribution is -2.39. The molecule has 0 radical (unpaired) electrons. The number of rotatable bonds is 3. The minimum Gasteiger partial charge on any atom is -0.348 e. The number of amides is 1. The Kier molecular flexibility index (Phi) is 3.80. The summed E-state index contributed by atoms with van der Waals surface area (Å²) >= 11 is 0. The second-order valence-electron chi connectivity index (χ2n) is 3.57. The summed E-state index contributed by atoms with van der Waals surface area (Å²) in [6.45, 7) is 3.44. The number of hydrogen-bond donors (Lipinski definition) is 2. The molecule has 82 valence electrons. The van der Waals surface area contributed by atoms with E-state index in [1.165, 1.54) is 12.1 Å². The Morgan fingerprint density at radius 2 is 1.87 bits per heavy atom. The van der Waals surface area contributed by atoms with E-state index in [4.69, 9.17) is 5.73 Å². The molecule has 1 amide bonds. The van der Waals surface area contributed by atoms with Crippen molar-refractivity contribution in [1.82, 2.24) is 5.32 Å². The second-order valence-corrected chi connectivity index (χ2v) is 3.57. The monoisotopic (exact) mass is 210 g/mol. The molecule has 1 unspecified atom stereocenters. The van der Waals surface area contributed by atoms with E-state index >= 15 is 0 Å². The maximum Gasteiger partial charge on any atom is 0.237 e. The van der Waals surface area contributed by atoms with Gasteiger partial charge in [-0.3, -0.25) is 4.79 Å². The molecule has 1 aromatic rings. The fourth-order valence-electron chi connectivity index (χ4n) is 1.18. The fourth-order valence-corrected chi connectivity index (χ4v) is 1.18. The van der Waals surface area contributed by atoms with Gasteiger partial charge in [0.2, 0.25) is 5.91 Å². The number of hydrogen-bond acceptors (Lipinski definition) is 2. The zero-order valence-corrected chi connectivity index (χ0v) is 8.83. The van der Waals surface area contributed by atoms with E-state index in [0.29, 0.717) is 0 Å². The van der Waals surface area contributed by atoms with Crippen LogP contribution in [0.3, 0.4) is 0 Å². The minimum absolute atomic E-state index is 0.163. The van der Waals surface area contributed by atoms with Crippen LogP contribution >= 0.6 is 0 Å². The van der Waals surface area contributed by atoms with Crippen LogP contribution in [0.1, 0.15) is 25.5 Å². The molecule has 3 nitrogen and oxygen atoms in total. The van der Waals surface area contributed by atoms with Crippen molar-refractivity contribution in [3.63, 3.8) is 0 Å². The van der Waals surface area contributed by atoms with Gasteiger partial charge in [0, 0.05) is 0 Å². The molecule has 1 rings (SSSR count). The predicted molar refractivity (Wildman–Crippen MR) is 56.6 cm³/mol. The first-order valence-electron chi connectivity index (χ1n) is 4.82. The van der Waals surface area contributed by atoms with Crippen LogP contribution in [0.5, 0.6) is 0 Å². The van der Waals surface area contributed by atoms with Gasteiger partial charge in [-0.25, -0.2) is 4.39 Å². The largest absolute Gasteiger partial charge is 0.348 e. The van der Waals surface area contributed by atoms with Gasteiger partial charge in [0.25, 0.3) is 0 Å². The lowest BCUT2D eigenvalue weighted by Gasteiger charge is -2.15. The van der Waals surface area contributed by atoms with E-state index < -0.39 is 6.04 Å². The fraction of sp³-hybridized carbons (Fsp3) is 0.364. The van der Waals surface area contributed by atoms with Crippen molar-refractivity contribution < 1.29 is 9.18 Å². The highest BCUT2D eigenvalue weighted by Crippen LogP contribution is 2.12. The number of nitrogens with one attached hydrogen (secondary N) is 1. The van der Waals surface area contributed by atoms with E-state index in [1.807, 2.05) is 6.92 Å². The molecule has 3 N–H and O–H groups in total. The SMILES string of the molecule is CC(N)C(=O)N[C@@H](C)c1ccc(F)cc1. The smallest absolute Gasteiger partial charge is 0.237 e. The molecule has 0 saturated carbocycles. The van der Waals surface area contributed by atoms with Crippen LogP contribution in [0.15, 0.2) is 24.3 Å². The molecule has 0 aliphatic heterocycles. The third-order valence-electron chi connectivity index (χ3n) is 2.14. The van der Waals surface area contributed by atoms with Crippen molar-refractivity contribution in [2.75, 3.05) is 0 Å². The van der Waals surface area contributed by atoms with Crippen LogP contribution in [0.25, 0.3) is 0 Å². The zero-order valence-electron chi connectivity index (χ0n) is 8.83. The molecule has 0 aliphatic carbocycles. The van der Waals surface area contributed by atoms with E-state index in [0.717, 1.165) is 5.56 Å². The first-order chi connectivity index (χ1) is 7.00. The Labute approximate surface area is 88.5 Å². The van der Waals surface area contributed by atoms with Crippen LogP contribution in [0, 0.1) is 5.82 Å². The molecule has 0 saturated heterocycles. The van der Waals surface area contributed by atoms with E-state index in [9.17, 15) is 9.18 Å². The normalized spacial score (nSPS) is 14.4. The van der Waals surface area contributed by atoms with E-state index in [-0.39, 0.29) is 17.8 Å². The first kappa shape index (κ1) is 11.7. The number of nitrogens with two attached hydrogens (primary N) is 1. The number of halogens is 1. The van der Waals surface area contributed by atoms with Gasteiger partial charge in [-0.15, -0.1) is 0 Å². The third-order valence-corrected chi connectivity index (χ3v) is 2.14. The standard InChI is InChI=1S/C11H15FN2O/c1-7(13)11(15)14-8(2)9-3-5-10(12)6-4-9/h3-8H,13H2,1-2H3,(H,14,15)/t7?,8-/m0/s1. The second kappa shape index (κ2) is 4.89. The molecular formula is C11H15FN2O. The summed E-state index contributed by atoms with van der Waals surface area (Å²) in [4.78, 5) is 11.3. The third kappa shape index (κ3) is 3.32. The van der Waals surface area contributed by atoms with Crippen LogP contribution in [-0.2, 0) is 4.79 Å². The van der Waals surface area contributed by atoms with Crippen molar-refractivity contribution in [2.24, 2.45) is 5.73 Å². The van der Waals surface area contributed by atoms with Gasteiger partial charge < -0.3 is 11.1 Å². The highest BCUT2D eigenvalue weighted by molar-refractivity contribution is 5.81. The summed E-state index contributed by atoms with van der Waals surface area (Å²) in [6, 6.07) is 5.31. The van der Waals surface area contributed by atoms with Gasteiger partial charge in [0.15, 0.2) is 0 Å². The van der Waals surface area contributed by atoms with Gasteiger partial charge in [-0.05, 0) is 31.5 Å². The van der Waals surface area contributed by atoms with Crippen molar-refractivity contribution in [1.29, 1.82) is 0 Å². The maximum absolute atomic E-state index is 12.6. The average Bonchev–Trinajstić information content (AvgIpc) is 2.18. The molecule has 4 heteroatoms. The Balaban J connectivity index is 2.65. The van der Waals surface area contributed by atoms with Gasteiger partial charge in [-0.1, -0.05) is 12.1 Å². The summed E-state index contributed by atoms with van der Waals surface area (Å²) < 4.78 is 12.6. The molecular weight excluding hydrogens is 195 g/mol. The molecule has 0 bridgehead atoms. The maximum atomic E-state index is 12.6. The highest BCUT2D eigenvalue weighted by atomic mass is 19.1. The average molecular weight is 210 g/mol. The van der Waals surface area contributed by atoms with Crippen LogP contribution in [-0.4, -0.2) is 11.9 Å². The summed E-state index contributed by atoms with van der Waals surface area (Å²) in [6.07, 6.45) is 0. The minimum atomic E-state index is -0.534. The Hall–Kier alpha value is -1.42. The zero-order chi connectivity index (χ0) is 11.4. The molecule has 1 aromatic carbocycles. The van der Waals surface area contributed by atoms with E-state index in [2.05, 4.69) is 5.32 Å². The molecule has 15 heavy (non-hydrogen) atoms. The lowest BCUT2D eigenvalue weighted by atomic mass is 10.1. The summed E-state index contributed by atoms with van der Waals surface area (Å²) in [5.74, 6) is -0.503. The van der Waals surface area contributed by atoms with Gasteiger partial charge >= 0.3 is 0 Å². The van der Waals surface area contributed by atoms with E-state index in [1.54, 1.807) is 19.1 Å². The Morgan fingerprint density at radius 3 is 2.33 bits per heavy atom. The molecule has 0 spiro atoms. The van der Waals surface area contributed by atoms with Crippen molar-refractivity contribution in [3.8, 4) is 0 Å². The van der Waals surface area contributed by atoms with Crippen LogP contribution in [0.4, 0.5) is 4.39 Å². The highest BCUT2D eigenvalue weighted by Gasteiger charge is 2.12. The Morgan fingerprint density at radius 1 is 1.33 bits per heavy atom. The van der Waals surface area contributed by atoms with Crippen LogP contribution in [0.2, 0.25) is 0 Å². The molecule has 0 heterocycles. The topological polar surface area (TPSA) is 55.1 Å². The predicted octanol–water partition coefficient (Wildman–Crippen LogP) is 1.35. The summed E-state index contributed by atoms with van der Waals surface area (Å²) in [7, 11) is 0. The van der Waals surface area contributed by atoms with Gasteiger partial charge in [0.1, 0.15) is 5.82 Å². The number of benzene rings is 1. The van der Waals surface area contributed by atoms with Crippen molar-refractivity contribution in [3.05, 3.63) is 35.6 Å². The van der Waals surface area contributed by atoms with Crippen LogP contribution < -0.4 is 11.1 Å². The summed E-state index contributed by atoms with van der Waals surface area (Å²) in [5, 5.41) is 2.73. The summed E-state index contributed by atoms with van der Waals surface area (Å²) in [5.41, 5.74) is 6.27. The molecule has 0 fully saturated rings. The first-order valence-corrected chi connectivity index (χ1v) is 4.82. The van der Waals surface area contributed by atoms with Crippen molar-refractivity contribution >= 4 is 5.91 Å². The molecule has 0 aliphatic rings. The number of carbonyl (C=O) groups excluding carboxylic acids is 1.